The van der Waals surface area contributed by atoms with Gasteiger partial charge in [0.05, 0.1) is 6.10 Å². The van der Waals surface area contributed by atoms with Crippen LogP contribution in [0.2, 0.25) is 0 Å². The Kier molecular flexibility index (Phi) is 5.74. The van der Waals surface area contributed by atoms with E-state index in [0.717, 1.165) is 5.56 Å². The molecule has 18 heavy (non-hydrogen) atoms. The largest absolute Gasteiger partial charge is 0.392 e. The standard InChI is InChI=1S/C13H19FN2O2/c1-9-3-4-11(14)7-12(9)13(18)16-6-5-15-8-10(2)17/h3-4,7,10,15,17H,5-6,8H2,1-2H3,(H,16,18). The first kappa shape index (κ1) is 14.6. The number of amides is 1. The van der Waals surface area contributed by atoms with Gasteiger partial charge >= 0.3 is 0 Å². The van der Waals surface area contributed by atoms with E-state index < -0.39 is 11.9 Å². The van der Waals surface area contributed by atoms with Crippen LogP contribution in [0.5, 0.6) is 0 Å². The Morgan fingerprint density at radius 2 is 2.17 bits per heavy atom. The van der Waals surface area contributed by atoms with Crippen LogP contribution < -0.4 is 10.6 Å². The molecule has 0 spiro atoms. The number of carbonyl (C=O) groups is 1. The van der Waals surface area contributed by atoms with Crippen molar-refractivity contribution in [2.45, 2.75) is 20.0 Å². The summed E-state index contributed by atoms with van der Waals surface area (Å²) in [5.41, 5.74) is 1.09. The van der Waals surface area contributed by atoms with Gasteiger partial charge in [-0.1, -0.05) is 6.07 Å². The molecule has 4 nitrogen and oxygen atoms in total. The third-order valence-corrected chi connectivity index (χ3v) is 2.47. The van der Waals surface area contributed by atoms with Crippen molar-refractivity contribution in [2.75, 3.05) is 19.6 Å². The van der Waals surface area contributed by atoms with Gasteiger partial charge in [0.1, 0.15) is 5.82 Å². The van der Waals surface area contributed by atoms with Crippen molar-refractivity contribution in [2.24, 2.45) is 0 Å². The molecule has 1 unspecified atom stereocenters. The van der Waals surface area contributed by atoms with Crippen molar-refractivity contribution >= 4 is 5.91 Å². The number of benzene rings is 1. The number of carbonyl (C=O) groups excluding carboxylic acids is 1. The molecule has 0 aliphatic rings. The highest BCUT2D eigenvalue weighted by Gasteiger charge is 2.09. The lowest BCUT2D eigenvalue weighted by molar-refractivity contribution is 0.0952. The van der Waals surface area contributed by atoms with Crippen molar-refractivity contribution < 1.29 is 14.3 Å². The van der Waals surface area contributed by atoms with Crippen molar-refractivity contribution in [1.82, 2.24) is 10.6 Å². The minimum absolute atomic E-state index is 0.286. The van der Waals surface area contributed by atoms with Crippen molar-refractivity contribution in [3.63, 3.8) is 0 Å². The van der Waals surface area contributed by atoms with Gasteiger partial charge in [0.15, 0.2) is 0 Å². The van der Waals surface area contributed by atoms with Crippen LogP contribution in [0, 0.1) is 12.7 Å². The Labute approximate surface area is 106 Å². The van der Waals surface area contributed by atoms with E-state index in [1.165, 1.54) is 12.1 Å². The zero-order chi connectivity index (χ0) is 13.5. The lowest BCUT2D eigenvalue weighted by atomic mass is 10.1. The van der Waals surface area contributed by atoms with E-state index >= 15 is 0 Å². The molecule has 0 saturated heterocycles. The van der Waals surface area contributed by atoms with Crippen molar-refractivity contribution in [3.05, 3.63) is 35.1 Å². The first-order valence-electron chi connectivity index (χ1n) is 5.94. The van der Waals surface area contributed by atoms with Gasteiger partial charge in [-0.05, 0) is 31.5 Å². The number of hydrogen-bond acceptors (Lipinski definition) is 3. The van der Waals surface area contributed by atoms with Gasteiger partial charge < -0.3 is 15.7 Å². The average Bonchev–Trinajstić information content (AvgIpc) is 2.31. The lowest BCUT2D eigenvalue weighted by Crippen LogP contribution is -2.34. The van der Waals surface area contributed by atoms with Crippen LogP contribution in [0.15, 0.2) is 18.2 Å². The minimum Gasteiger partial charge on any atom is -0.392 e. The maximum atomic E-state index is 13.0. The maximum Gasteiger partial charge on any atom is 0.251 e. The van der Waals surface area contributed by atoms with Crippen molar-refractivity contribution in [3.8, 4) is 0 Å². The Morgan fingerprint density at radius 1 is 1.44 bits per heavy atom. The van der Waals surface area contributed by atoms with Crippen LogP contribution in [0.25, 0.3) is 0 Å². The van der Waals surface area contributed by atoms with E-state index in [2.05, 4.69) is 10.6 Å². The molecular weight excluding hydrogens is 235 g/mol. The predicted octanol–water partition coefficient (Wildman–Crippen LogP) is 0.834. The summed E-state index contributed by atoms with van der Waals surface area (Å²) >= 11 is 0. The second-order valence-corrected chi connectivity index (χ2v) is 4.27. The molecule has 0 aliphatic heterocycles. The Morgan fingerprint density at radius 3 is 2.83 bits per heavy atom. The smallest absolute Gasteiger partial charge is 0.251 e. The molecule has 0 radical (unpaired) electrons. The highest BCUT2D eigenvalue weighted by molar-refractivity contribution is 5.95. The maximum absolute atomic E-state index is 13.0. The summed E-state index contributed by atoms with van der Waals surface area (Å²) in [5.74, 6) is -0.705. The molecule has 0 aliphatic carbocycles. The second kappa shape index (κ2) is 7.08. The molecule has 0 fully saturated rings. The van der Waals surface area contributed by atoms with E-state index in [-0.39, 0.29) is 5.91 Å². The molecule has 0 saturated carbocycles. The molecule has 1 aromatic rings. The molecular formula is C13H19FN2O2. The molecule has 3 N–H and O–H groups in total. The third-order valence-electron chi connectivity index (χ3n) is 2.47. The Hall–Kier alpha value is -1.46. The second-order valence-electron chi connectivity index (χ2n) is 4.27. The van der Waals surface area contributed by atoms with Crippen LogP contribution in [-0.2, 0) is 0 Å². The summed E-state index contributed by atoms with van der Waals surface area (Å²) in [5, 5.41) is 14.7. The molecule has 1 aromatic carbocycles. The highest BCUT2D eigenvalue weighted by Crippen LogP contribution is 2.09. The first-order chi connectivity index (χ1) is 8.50. The topological polar surface area (TPSA) is 61.4 Å². The summed E-state index contributed by atoms with van der Waals surface area (Å²) in [6, 6.07) is 4.14. The summed E-state index contributed by atoms with van der Waals surface area (Å²) < 4.78 is 13.0. The lowest BCUT2D eigenvalue weighted by Gasteiger charge is -2.09. The van der Waals surface area contributed by atoms with Crippen LogP contribution in [0.3, 0.4) is 0 Å². The zero-order valence-electron chi connectivity index (χ0n) is 10.7. The van der Waals surface area contributed by atoms with E-state index in [0.29, 0.717) is 25.2 Å². The molecule has 5 heteroatoms. The SMILES string of the molecule is Cc1ccc(F)cc1C(=O)NCCNCC(C)O. The van der Waals surface area contributed by atoms with Gasteiger partial charge in [0, 0.05) is 25.2 Å². The van der Waals surface area contributed by atoms with Gasteiger partial charge in [-0.15, -0.1) is 0 Å². The van der Waals surface area contributed by atoms with E-state index in [9.17, 15) is 9.18 Å². The van der Waals surface area contributed by atoms with Crippen LogP contribution in [0.1, 0.15) is 22.8 Å². The molecule has 100 valence electrons. The number of aliphatic hydroxyl groups is 1. The van der Waals surface area contributed by atoms with Crippen LogP contribution >= 0.6 is 0 Å². The van der Waals surface area contributed by atoms with Gasteiger partial charge in [-0.2, -0.15) is 0 Å². The number of aliphatic hydroxyl groups excluding tert-OH is 1. The third kappa shape index (κ3) is 4.81. The van der Waals surface area contributed by atoms with Crippen molar-refractivity contribution in [1.29, 1.82) is 0 Å². The van der Waals surface area contributed by atoms with Gasteiger partial charge in [-0.25, -0.2) is 4.39 Å². The molecule has 0 heterocycles. The predicted molar refractivity (Wildman–Crippen MR) is 68.0 cm³/mol. The summed E-state index contributed by atoms with van der Waals surface area (Å²) in [4.78, 5) is 11.8. The quantitative estimate of drug-likeness (QED) is 0.659. The number of halogens is 1. The van der Waals surface area contributed by atoms with Gasteiger partial charge in [0.25, 0.3) is 5.91 Å². The average molecular weight is 254 g/mol. The van der Waals surface area contributed by atoms with Crippen LogP contribution in [-0.4, -0.2) is 36.8 Å². The number of nitrogens with one attached hydrogen (secondary N) is 2. The highest BCUT2D eigenvalue weighted by atomic mass is 19.1. The zero-order valence-corrected chi connectivity index (χ0v) is 10.7. The molecule has 1 rings (SSSR count). The summed E-state index contributed by atoms with van der Waals surface area (Å²) in [6.45, 7) is 4.92. The number of hydrogen-bond donors (Lipinski definition) is 3. The number of aryl methyl sites for hydroxylation is 1. The number of rotatable bonds is 6. The van der Waals surface area contributed by atoms with Gasteiger partial charge in [-0.3, -0.25) is 4.79 Å². The molecule has 1 atom stereocenters. The van der Waals surface area contributed by atoms with E-state index in [1.807, 2.05) is 0 Å². The summed E-state index contributed by atoms with van der Waals surface area (Å²) in [6.07, 6.45) is -0.411. The first-order valence-corrected chi connectivity index (χ1v) is 5.94. The van der Waals surface area contributed by atoms with Crippen LogP contribution in [0.4, 0.5) is 4.39 Å². The van der Waals surface area contributed by atoms with E-state index in [4.69, 9.17) is 5.11 Å². The molecule has 0 aromatic heterocycles. The monoisotopic (exact) mass is 254 g/mol. The Bertz CT molecular complexity index is 408. The summed E-state index contributed by atoms with van der Waals surface area (Å²) in [7, 11) is 0. The molecule has 1 amide bonds. The Balaban J connectivity index is 2.39. The normalized spacial score (nSPS) is 12.2. The van der Waals surface area contributed by atoms with E-state index in [1.54, 1.807) is 19.9 Å². The molecule has 0 bridgehead atoms. The van der Waals surface area contributed by atoms with Gasteiger partial charge in [0.2, 0.25) is 0 Å². The fraction of sp³-hybridized carbons (Fsp3) is 0.462. The fourth-order valence-electron chi connectivity index (χ4n) is 1.51. The minimum atomic E-state index is -0.419. The fourth-order valence-corrected chi connectivity index (χ4v) is 1.51.